The Balaban J connectivity index is 0.00000225. The van der Waals surface area contributed by atoms with E-state index >= 15 is 0 Å². The minimum Gasteiger partial charge on any atom is -0.497 e. The van der Waals surface area contributed by atoms with Gasteiger partial charge in [0.05, 0.1) is 18.5 Å². The summed E-state index contributed by atoms with van der Waals surface area (Å²) in [6, 6.07) is 16.3. The Bertz CT molecular complexity index is 893. The summed E-state index contributed by atoms with van der Waals surface area (Å²) in [6.45, 7) is 6.68. The number of ether oxygens (including phenoxy) is 1. The molecule has 0 saturated heterocycles. The van der Waals surface area contributed by atoms with Gasteiger partial charge in [-0.25, -0.2) is 4.99 Å². The topological polar surface area (TPSA) is 26.5 Å². The zero-order chi connectivity index (χ0) is 16.9. The Morgan fingerprint density at radius 1 is 1.12 bits per heavy atom. The molecule has 25 heavy (non-hydrogen) atoms. The minimum absolute atomic E-state index is 0. The smallest absolute Gasteiger partial charge is 0.190 e. The molecule has 0 aliphatic heterocycles. The molecule has 0 saturated carbocycles. The summed E-state index contributed by atoms with van der Waals surface area (Å²) < 4.78 is 7.42. The van der Waals surface area contributed by atoms with Gasteiger partial charge in [-0.2, -0.15) is 0 Å². The van der Waals surface area contributed by atoms with Crippen LogP contribution in [-0.2, 0) is 6.54 Å². The van der Waals surface area contributed by atoms with Crippen molar-refractivity contribution in [3.05, 3.63) is 76.9 Å². The van der Waals surface area contributed by atoms with Crippen LogP contribution in [0.15, 0.2) is 71.6 Å². The molecule has 0 bridgehead atoms. The van der Waals surface area contributed by atoms with Gasteiger partial charge in [0.25, 0.3) is 0 Å². The number of rotatable bonds is 5. The van der Waals surface area contributed by atoms with E-state index in [9.17, 15) is 0 Å². The summed E-state index contributed by atoms with van der Waals surface area (Å²) in [5, 5.41) is 2.14. The largest absolute Gasteiger partial charge is 0.497 e. The van der Waals surface area contributed by atoms with Gasteiger partial charge in [0.1, 0.15) is 5.75 Å². The fourth-order valence-electron chi connectivity index (χ4n) is 2.45. The molecule has 3 rings (SSSR count). The maximum atomic E-state index is 5.24. The van der Waals surface area contributed by atoms with Crippen molar-refractivity contribution in [2.24, 2.45) is 4.99 Å². The molecule has 5 heteroatoms. The highest BCUT2D eigenvalue weighted by molar-refractivity contribution is 8.93. The van der Waals surface area contributed by atoms with E-state index in [-0.39, 0.29) is 17.0 Å². The molecule has 0 N–H and O–H groups in total. The summed E-state index contributed by atoms with van der Waals surface area (Å²) in [7, 11) is 1.68. The van der Waals surface area contributed by atoms with E-state index < -0.39 is 0 Å². The van der Waals surface area contributed by atoms with Gasteiger partial charge in [-0.15, -0.1) is 34.9 Å². The lowest BCUT2D eigenvalue weighted by Gasteiger charge is -2.07. The third-order valence-electron chi connectivity index (χ3n) is 3.75. The van der Waals surface area contributed by atoms with Crippen molar-refractivity contribution >= 4 is 34.0 Å². The average Bonchev–Trinajstić information content (AvgIpc) is 3.00. The van der Waals surface area contributed by atoms with Crippen LogP contribution in [-0.4, -0.2) is 11.7 Å². The number of aromatic nitrogens is 1. The molecule has 3 aromatic rings. The van der Waals surface area contributed by atoms with Crippen LogP contribution in [0.25, 0.3) is 11.3 Å². The van der Waals surface area contributed by atoms with E-state index in [1.54, 1.807) is 18.4 Å². The van der Waals surface area contributed by atoms with Crippen molar-refractivity contribution in [1.82, 2.24) is 4.57 Å². The quantitative estimate of drug-likeness (QED) is 0.502. The molecule has 0 aliphatic carbocycles. The lowest BCUT2D eigenvalue weighted by atomic mass is 10.1. The first-order chi connectivity index (χ1) is 11.7. The third kappa shape index (κ3) is 4.50. The summed E-state index contributed by atoms with van der Waals surface area (Å²) >= 11 is 1.64. The number of hydrogen-bond donors (Lipinski definition) is 0. The highest BCUT2D eigenvalue weighted by Crippen LogP contribution is 2.23. The van der Waals surface area contributed by atoms with Gasteiger partial charge < -0.3 is 9.30 Å². The van der Waals surface area contributed by atoms with Gasteiger partial charge in [0.15, 0.2) is 4.80 Å². The highest BCUT2D eigenvalue weighted by atomic mass is 79.9. The molecule has 0 spiro atoms. The van der Waals surface area contributed by atoms with E-state index in [0.29, 0.717) is 0 Å². The second kappa shape index (κ2) is 8.83. The number of hydrogen-bond acceptors (Lipinski definition) is 3. The van der Waals surface area contributed by atoms with E-state index in [2.05, 4.69) is 47.7 Å². The van der Waals surface area contributed by atoms with Crippen LogP contribution >= 0.6 is 28.3 Å². The van der Waals surface area contributed by atoms with E-state index in [1.807, 2.05) is 30.3 Å². The van der Waals surface area contributed by atoms with E-state index in [1.165, 1.54) is 5.56 Å². The predicted octanol–water partition coefficient (Wildman–Crippen LogP) is 5.53. The molecular formula is C20H21BrN2OS. The van der Waals surface area contributed by atoms with Gasteiger partial charge in [-0.1, -0.05) is 23.8 Å². The van der Waals surface area contributed by atoms with E-state index in [4.69, 9.17) is 9.73 Å². The fourth-order valence-corrected chi connectivity index (χ4v) is 3.39. The molecular weight excluding hydrogens is 396 g/mol. The maximum Gasteiger partial charge on any atom is 0.190 e. The Morgan fingerprint density at radius 2 is 1.80 bits per heavy atom. The van der Waals surface area contributed by atoms with E-state index in [0.717, 1.165) is 34.0 Å². The number of allylic oxidation sites excluding steroid dienone is 1. The van der Waals surface area contributed by atoms with Crippen LogP contribution in [0.1, 0.15) is 5.56 Å². The summed E-state index contributed by atoms with van der Waals surface area (Å²) in [4.78, 5) is 5.75. The number of thiazole rings is 1. The SMILES string of the molecule is Br.C=CCn1c(-c2ccc(OC)cc2)csc1=Nc1ccc(C)cc1. The zero-order valence-electron chi connectivity index (χ0n) is 14.3. The molecule has 1 aromatic heterocycles. The molecule has 0 amide bonds. The summed E-state index contributed by atoms with van der Waals surface area (Å²) in [5.74, 6) is 0.855. The van der Waals surface area contributed by atoms with Crippen LogP contribution in [0.2, 0.25) is 0 Å². The molecule has 130 valence electrons. The average molecular weight is 417 g/mol. The molecule has 1 heterocycles. The van der Waals surface area contributed by atoms with Crippen molar-refractivity contribution in [3.8, 4) is 17.0 Å². The monoisotopic (exact) mass is 416 g/mol. The first-order valence-electron chi connectivity index (χ1n) is 7.76. The number of aryl methyl sites for hydroxylation is 1. The normalized spacial score (nSPS) is 11.0. The first-order valence-corrected chi connectivity index (χ1v) is 8.64. The molecule has 0 fully saturated rings. The second-order valence-corrected chi connectivity index (χ2v) is 6.32. The summed E-state index contributed by atoms with van der Waals surface area (Å²) in [5.41, 5.74) is 4.47. The predicted molar refractivity (Wildman–Crippen MR) is 111 cm³/mol. The number of nitrogens with zero attached hydrogens (tertiary/aromatic N) is 2. The van der Waals surface area contributed by atoms with Crippen LogP contribution < -0.4 is 9.54 Å². The van der Waals surface area contributed by atoms with Crippen LogP contribution in [0, 0.1) is 6.92 Å². The lowest BCUT2D eigenvalue weighted by Crippen LogP contribution is -2.14. The van der Waals surface area contributed by atoms with Gasteiger partial charge in [-0.3, -0.25) is 0 Å². The zero-order valence-corrected chi connectivity index (χ0v) is 16.8. The molecule has 0 radical (unpaired) electrons. The summed E-state index contributed by atoms with van der Waals surface area (Å²) in [6.07, 6.45) is 1.90. The third-order valence-corrected chi connectivity index (χ3v) is 4.62. The van der Waals surface area contributed by atoms with Crippen LogP contribution in [0.4, 0.5) is 5.69 Å². The molecule has 2 aromatic carbocycles. The lowest BCUT2D eigenvalue weighted by molar-refractivity contribution is 0.415. The maximum absolute atomic E-state index is 5.24. The Hall–Kier alpha value is -2.11. The van der Waals surface area contributed by atoms with Crippen molar-refractivity contribution < 1.29 is 4.74 Å². The fraction of sp³-hybridized carbons (Fsp3) is 0.150. The van der Waals surface area contributed by atoms with Crippen molar-refractivity contribution in [3.63, 3.8) is 0 Å². The highest BCUT2D eigenvalue weighted by Gasteiger charge is 2.07. The van der Waals surface area contributed by atoms with Crippen LogP contribution in [0.3, 0.4) is 0 Å². The van der Waals surface area contributed by atoms with Gasteiger partial charge >= 0.3 is 0 Å². The molecule has 0 aliphatic rings. The minimum atomic E-state index is 0. The van der Waals surface area contributed by atoms with Gasteiger partial charge in [0, 0.05) is 11.9 Å². The molecule has 0 atom stereocenters. The van der Waals surface area contributed by atoms with Gasteiger partial charge in [-0.05, 0) is 48.9 Å². The van der Waals surface area contributed by atoms with Crippen LogP contribution in [0.5, 0.6) is 5.75 Å². The van der Waals surface area contributed by atoms with Crippen molar-refractivity contribution in [1.29, 1.82) is 0 Å². The molecule has 3 nitrogen and oxygen atoms in total. The number of methoxy groups -OCH3 is 1. The molecule has 0 unspecified atom stereocenters. The Kier molecular flexibility index (Phi) is 6.79. The van der Waals surface area contributed by atoms with Crippen molar-refractivity contribution in [2.75, 3.05) is 7.11 Å². The Labute approximate surface area is 162 Å². The standard InChI is InChI=1S/C20H20N2OS.BrH/c1-4-13-22-19(16-7-11-18(23-3)12-8-16)14-24-20(22)21-17-9-5-15(2)6-10-17;/h4-12,14H,1,13H2,2-3H3;1H. The second-order valence-electron chi connectivity index (χ2n) is 5.48. The van der Waals surface area contributed by atoms with Gasteiger partial charge in [0.2, 0.25) is 0 Å². The number of halogens is 1. The number of benzene rings is 2. The first kappa shape index (κ1) is 19.2. The van der Waals surface area contributed by atoms with Crippen molar-refractivity contribution in [2.45, 2.75) is 13.5 Å². The Morgan fingerprint density at radius 3 is 2.40 bits per heavy atom.